The molecule has 3 aromatic rings. The van der Waals surface area contributed by atoms with E-state index in [9.17, 15) is 22.8 Å². The van der Waals surface area contributed by atoms with Gasteiger partial charge in [0.1, 0.15) is 11.3 Å². The van der Waals surface area contributed by atoms with Gasteiger partial charge < -0.3 is 25.6 Å². The second-order valence-corrected chi connectivity index (χ2v) is 10.1. The summed E-state index contributed by atoms with van der Waals surface area (Å²) in [6, 6.07) is 2.73. The average molecular weight is 588 g/mol. The van der Waals surface area contributed by atoms with E-state index in [4.69, 9.17) is 10.5 Å². The molecule has 2 amide bonds. The van der Waals surface area contributed by atoms with Crippen molar-refractivity contribution in [2.24, 2.45) is 0 Å². The molecule has 0 saturated carbocycles. The summed E-state index contributed by atoms with van der Waals surface area (Å²) in [6.45, 7) is 6.50. The highest BCUT2D eigenvalue weighted by molar-refractivity contribution is 5.91. The van der Waals surface area contributed by atoms with Crippen molar-refractivity contribution in [3.05, 3.63) is 47.8 Å². The van der Waals surface area contributed by atoms with Crippen molar-refractivity contribution in [3.8, 4) is 11.4 Å². The van der Waals surface area contributed by atoms with Crippen LogP contribution in [-0.2, 0) is 27.0 Å². The van der Waals surface area contributed by atoms with Gasteiger partial charge in [0.15, 0.2) is 11.6 Å². The Morgan fingerprint density at radius 1 is 1.12 bits per heavy atom. The van der Waals surface area contributed by atoms with Crippen molar-refractivity contribution in [1.82, 2.24) is 34.7 Å². The standard InChI is InChI=1S/C27H32F3N9O3/c1-2-3-23(40)33-15-24(41)37-6-4-36(5-7-37)16-18-12-21-26(38-8-10-42-11-9-38)34-25(35-39(21)17-18)19-14-32-22(31)13-20(19)27(28,29)30/h2-3,12-14,17H,4-11,15-16H2,1H3,(H2,31,32)(H,33,40)/b3-2+. The maximum Gasteiger partial charge on any atom is 0.417 e. The fourth-order valence-electron chi connectivity index (χ4n) is 5.03. The van der Waals surface area contributed by atoms with Crippen LogP contribution in [0.15, 0.2) is 36.7 Å². The number of ether oxygens (including phenoxy) is 1. The lowest BCUT2D eigenvalue weighted by Crippen LogP contribution is -2.50. The molecule has 224 valence electrons. The van der Waals surface area contributed by atoms with Crippen LogP contribution in [0.1, 0.15) is 18.1 Å². The molecule has 2 fully saturated rings. The summed E-state index contributed by atoms with van der Waals surface area (Å²) < 4.78 is 48.8. The molecular weight excluding hydrogens is 555 g/mol. The van der Waals surface area contributed by atoms with E-state index in [1.165, 1.54) is 6.08 Å². The van der Waals surface area contributed by atoms with Gasteiger partial charge in [0, 0.05) is 58.2 Å². The number of hydrogen-bond acceptors (Lipinski definition) is 9. The summed E-state index contributed by atoms with van der Waals surface area (Å²) in [4.78, 5) is 38.4. The molecule has 0 bridgehead atoms. The van der Waals surface area contributed by atoms with Crippen molar-refractivity contribution in [1.29, 1.82) is 0 Å². The van der Waals surface area contributed by atoms with E-state index in [1.807, 2.05) is 11.0 Å². The first-order chi connectivity index (χ1) is 20.1. The number of allylic oxidation sites excluding steroid dienone is 1. The van der Waals surface area contributed by atoms with E-state index in [1.54, 1.807) is 28.6 Å². The highest BCUT2D eigenvalue weighted by atomic mass is 19.4. The van der Waals surface area contributed by atoms with E-state index in [0.717, 1.165) is 17.8 Å². The summed E-state index contributed by atoms with van der Waals surface area (Å²) in [7, 11) is 0. The van der Waals surface area contributed by atoms with Gasteiger partial charge in [-0.05, 0) is 30.7 Å². The molecule has 5 heterocycles. The van der Waals surface area contributed by atoms with Crippen LogP contribution in [0.25, 0.3) is 16.9 Å². The van der Waals surface area contributed by atoms with Gasteiger partial charge in [-0.15, -0.1) is 5.10 Å². The number of carbonyl (C=O) groups is 2. The SMILES string of the molecule is C/C=C/C(=O)NCC(=O)N1CCN(Cc2cc3c(N4CCOCC4)nc(-c4cnc(N)cc4C(F)(F)F)nn3c2)CC1. The largest absolute Gasteiger partial charge is 0.417 e. The Labute approximate surface area is 239 Å². The minimum absolute atomic E-state index is 0.0566. The highest BCUT2D eigenvalue weighted by Crippen LogP contribution is 2.37. The first kappa shape index (κ1) is 29.3. The van der Waals surface area contributed by atoms with Crippen LogP contribution in [0.2, 0.25) is 0 Å². The number of nitrogen functional groups attached to an aromatic ring is 1. The maximum absolute atomic E-state index is 13.9. The average Bonchev–Trinajstić information content (AvgIpc) is 3.38. The molecule has 0 aromatic carbocycles. The van der Waals surface area contributed by atoms with Crippen molar-refractivity contribution in [2.75, 3.05) is 69.7 Å². The van der Waals surface area contributed by atoms with Crippen LogP contribution in [0.5, 0.6) is 0 Å². The van der Waals surface area contributed by atoms with Crippen LogP contribution in [0.4, 0.5) is 24.8 Å². The number of rotatable bonds is 7. The number of nitrogens with two attached hydrogens (primary N) is 1. The van der Waals surface area contributed by atoms with Gasteiger partial charge in [-0.1, -0.05) is 6.08 Å². The van der Waals surface area contributed by atoms with E-state index in [-0.39, 0.29) is 35.6 Å². The second kappa shape index (κ2) is 12.3. The van der Waals surface area contributed by atoms with E-state index in [2.05, 4.69) is 25.3 Å². The number of pyridine rings is 1. The van der Waals surface area contributed by atoms with Crippen molar-refractivity contribution >= 4 is 29.0 Å². The minimum Gasteiger partial charge on any atom is -0.384 e. The lowest BCUT2D eigenvalue weighted by Gasteiger charge is -2.34. The van der Waals surface area contributed by atoms with Gasteiger partial charge >= 0.3 is 6.18 Å². The third kappa shape index (κ3) is 6.62. The molecule has 12 nitrogen and oxygen atoms in total. The van der Waals surface area contributed by atoms with Crippen molar-refractivity contribution in [2.45, 2.75) is 19.6 Å². The molecule has 3 aromatic heterocycles. The Morgan fingerprint density at radius 2 is 1.86 bits per heavy atom. The van der Waals surface area contributed by atoms with Gasteiger partial charge in [-0.3, -0.25) is 14.5 Å². The number of anilines is 2. The zero-order chi connectivity index (χ0) is 29.9. The molecular formula is C27H32F3N9O3. The van der Waals surface area contributed by atoms with E-state index in [0.29, 0.717) is 70.4 Å². The molecule has 0 spiro atoms. The first-order valence-electron chi connectivity index (χ1n) is 13.6. The molecule has 5 rings (SSSR count). The Balaban J connectivity index is 1.37. The molecule has 2 saturated heterocycles. The van der Waals surface area contributed by atoms with Gasteiger partial charge in [0.25, 0.3) is 0 Å². The van der Waals surface area contributed by atoms with Crippen molar-refractivity contribution in [3.63, 3.8) is 0 Å². The maximum atomic E-state index is 13.9. The number of piperazine rings is 1. The first-order valence-corrected chi connectivity index (χ1v) is 13.6. The smallest absolute Gasteiger partial charge is 0.384 e. The lowest BCUT2D eigenvalue weighted by atomic mass is 10.1. The summed E-state index contributed by atoms with van der Waals surface area (Å²) in [5.74, 6) is -0.302. The summed E-state index contributed by atoms with van der Waals surface area (Å²) >= 11 is 0. The van der Waals surface area contributed by atoms with Gasteiger partial charge in [0.05, 0.1) is 30.9 Å². The van der Waals surface area contributed by atoms with E-state index < -0.39 is 11.7 Å². The summed E-state index contributed by atoms with van der Waals surface area (Å²) in [5.41, 5.74) is 5.93. The number of carbonyl (C=O) groups excluding carboxylic acids is 2. The number of amides is 2. The number of alkyl halides is 3. The molecule has 0 unspecified atom stereocenters. The number of nitrogens with one attached hydrogen (secondary N) is 1. The van der Waals surface area contributed by atoms with Crippen LogP contribution in [0.3, 0.4) is 0 Å². The fourth-order valence-corrected chi connectivity index (χ4v) is 5.03. The Kier molecular flexibility index (Phi) is 8.59. The van der Waals surface area contributed by atoms with Crippen LogP contribution >= 0.6 is 0 Å². The fraction of sp³-hybridized carbons (Fsp3) is 0.444. The molecule has 2 aliphatic heterocycles. The monoisotopic (exact) mass is 587 g/mol. The molecule has 2 aliphatic rings. The third-order valence-electron chi connectivity index (χ3n) is 7.15. The number of fused-ring (bicyclic) bond motifs is 1. The predicted molar refractivity (Wildman–Crippen MR) is 148 cm³/mol. The molecule has 3 N–H and O–H groups in total. The molecule has 0 aliphatic carbocycles. The quantitative estimate of drug-likeness (QED) is 0.395. The topological polar surface area (TPSA) is 134 Å². The predicted octanol–water partition coefficient (Wildman–Crippen LogP) is 1.57. The van der Waals surface area contributed by atoms with Crippen molar-refractivity contribution < 1.29 is 27.5 Å². The number of aromatic nitrogens is 4. The lowest BCUT2D eigenvalue weighted by molar-refractivity contribution is -0.137. The number of nitrogens with zero attached hydrogens (tertiary/aromatic N) is 7. The molecule has 15 heteroatoms. The van der Waals surface area contributed by atoms with Crippen LogP contribution in [0, 0.1) is 0 Å². The number of morpholine rings is 1. The Bertz CT molecular complexity index is 1480. The summed E-state index contributed by atoms with van der Waals surface area (Å²) in [5, 5.41) is 7.04. The van der Waals surface area contributed by atoms with Gasteiger partial charge in [-0.2, -0.15) is 13.2 Å². The summed E-state index contributed by atoms with van der Waals surface area (Å²) in [6.07, 6.45) is 1.14. The van der Waals surface area contributed by atoms with Crippen LogP contribution in [-0.4, -0.2) is 100 Å². The minimum atomic E-state index is -4.67. The zero-order valence-corrected chi connectivity index (χ0v) is 23.1. The third-order valence-corrected chi connectivity index (χ3v) is 7.15. The highest BCUT2D eigenvalue weighted by Gasteiger charge is 2.35. The number of halogens is 3. The molecule has 0 radical (unpaired) electrons. The molecule has 0 atom stereocenters. The Hall–Kier alpha value is -4.24. The van der Waals surface area contributed by atoms with E-state index >= 15 is 0 Å². The zero-order valence-electron chi connectivity index (χ0n) is 23.1. The van der Waals surface area contributed by atoms with Gasteiger partial charge in [-0.25, -0.2) is 14.5 Å². The molecule has 42 heavy (non-hydrogen) atoms. The number of hydrogen-bond donors (Lipinski definition) is 2. The van der Waals surface area contributed by atoms with Gasteiger partial charge in [0.2, 0.25) is 11.8 Å². The van der Waals surface area contributed by atoms with Crippen LogP contribution < -0.4 is 16.0 Å². The normalized spacial score (nSPS) is 16.9. The Morgan fingerprint density at radius 3 is 2.55 bits per heavy atom. The second-order valence-electron chi connectivity index (χ2n) is 10.1.